The molecule has 0 saturated carbocycles. The Hall–Kier alpha value is -2.34. The number of hydrogen-bond donors (Lipinski definition) is 2. The fourth-order valence-corrected chi connectivity index (χ4v) is 2.80. The van der Waals surface area contributed by atoms with Crippen molar-refractivity contribution in [2.24, 2.45) is 0 Å². The third-order valence-electron chi connectivity index (χ3n) is 3.61. The molecule has 0 heterocycles. The van der Waals surface area contributed by atoms with Gasteiger partial charge in [0.05, 0.1) is 11.0 Å². The van der Waals surface area contributed by atoms with Crippen LogP contribution in [0.3, 0.4) is 0 Å². The monoisotopic (exact) mass is 360 g/mol. The van der Waals surface area contributed by atoms with Gasteiger partial charge < -0.3 is 10.6 Å². The van der Waals surface area contributed by atoms with Crippen LogP contribution in [0.5, 0.6) is 0 Å². The number of nitrogens with one attached hydrogen (secondary N) is 2. The molecule has 2 N–H and O–H groups in total. The normalized spacial score (nSPS) is 11.7. The van der Waals surface area contributed by atoms with E-state index in [1.807, 2.05) is 32.0 Å². The average Bonchev–Trinajstić information content (AvgIpc) is 2.58. The van der Waals surface area contributed by atoms with E-state index in [1.165, 1.54) is 36.0 Å². The van der Waals surface area contributed by atoms with Gasteiger partial charge in [-0.05, 0) is 62.2 Å². The topological polar surface area (TPSA) is 58.2 Å². The van der Waals surface area contributed by atoms with Crippen LogP contribution in [0.25, 0.3) is 0 Å². The van der Waals surface area contributed by atoms with Crippen LogP contribution in [0.2, 0.25) is 0 Å². The van der Waals surface area contributed by atoms with Crippen molar-refractivity contribution >= 4 is 35.0 Å². The number of anilines is 2. The van der Waals surface area contributed by atoms with E-state index in [0.29, 0.717) is 5.69 Å². The Morgan fingerprint density at radius 3 is 2.44 bits per heavy atom. The maximum absolute atomic E-state index is 12.8. The minimum atomic E-state index is -0.376. The van der Waals surface area contributed by atoms with E-state index in [2.05, 4.69) is 10.6 Å². The van der Waals surface area contributed by atoms with E-state index < -0.39 is 0 Å². The number of amides is 2. The van der Waals surface area contributed by atoms with Gasteiger partial charge in [0.15, 0.2) is 0 Å². The molecule has 0 radical (unpaired) electrons. The zero-order chi connectivity index (χ0) is 18.4. The van der Waals surface area contributed by atoms with Crippen molar-refractivity contribution < 1.29 is 14.0 Å². The molecule has 4 nitrogen and oxygen atoms in total. The molecule has 0 aliphatic heterocycles. The number of hydrogen-bond acceptors (Lipinski definition) is 3. The summed E-state index contributed by atoms with van der Waals surface area (Å²) in [4.78, 5) is 24.2. The Labute approximate surface area is 151 Å². The summed E-state index contributed by atoms with van der Waals surface area (Å²) in [6.45, 7) is 5.66. The first-order chi connectivity index (χ1) is 11.8. The van der Waals surface area contributed by atoms with Crippen molar-refractivity contribution in [1.29, 1.82) is 0 Å². The van der Waals surface area contributed by atoms with Crippen LogP contribution in [-0.2, 0) is 9.59 Å². The maximum atomic E-state index is 12.8. The second kappa shape index (κ2) is 8.67. The molecule has 1 atom stereocenters. The highest BCUT2D eigenvalue weighted by Crippen LogP contribution is 2.19. The Balaban J connectivity index is 1.83. The predicted octanol–water partition coefficient (Wildman–Crippen LogP) is 4.14. The second-order valence-electron chi connectivity index (χ2n) is 5.82. The van der Waals surface area contributed by atoms with Gasteiger partial charge in [0, 0.05) is 11.4 Å². The Morgan fingerprint density at radius 2 is 1.76 bits per heavy atom. The van der Waals surface area contributed by atoms with Gasteiger partial charge in [0.1, 0.15) is 5.82 Å². The van der Waals surface area contributed by atoms with Gasteiger partial charge in [0.2, 0.25) is 11.8 Å². The number of halogens is 1. The highest BCUT2D eigenvalue weighted by molar-refractivity contribution is 8.01. The third-order valence-corrected chi connectivity index (χ3v) is 4.76. The van der Waals surface area contributed by atoms with Crippen LogP contribution < -0.4 is 10.6 Å². The zero-order valence-electron chi connectivity index (χ0n) is 14.4. The van der Waals surface area contributed by atoms with Gasteiger partial charge in [-0.25, -0.2) is 4.39 Å². The lowest BCUT2D eigenvalue weighted by molar-refractivity contribution is -0.115. The van der Waals surface area contributed by atoms with Crippen molar-refractivity contribution in [3.05, 3.63) is 59.4 Å². The van der Waals surface area contributed by atoms with E-state index in [1.54, 1.807) is 6.92 Å². The van der Waals surface area contributed by atoms with E-state index in [9.17, 15) is 14.0 Å². The minimum Gasteiger partial charge on any atom is -0.325 e. The third kappa shape index (κ3) is 5.90. The molecule has 0 bridgehead atoms. The molecule has 0 saturated heterocycles. The summed E-state index contributed by atoms with van der Waals surface area (Å²) in [5.74, 6) is -0.598. The summed E-state index contributed by atoms with van der Waals surface area (Å²) in [6, 6.07) is 11.4. The van der Waals surface area contributed by atoms with Gasteiger partial charge in [0.25, 0.3) is 0 Å². The lowest BCUT2D eigenvalue weighted by Crippen LogP contribution is -2.25. The van der Waals surface area contributed by atoms with Crippen molar-refractivity contribution in [2.45, 2.75) is 26.0 Å². The Bertz CT molecular complexity index is 763. The maximum Gasteiger partial charge on any atom is 0.237 e. The van der Waals surface area contributed by atoms with Crippen LogP contribution in [0.1, 0.15) is 18.1 Å². The number of benzene rings is 2. The fraction of sp³-hybridized carbons (Fsp3) is 0.263. The van der Waals surface area contributed by atoms with Gasteiger partial charge in [-0.2, -0.15) is 0 Å². The summed E-state index contributed by atoms with van der Waals surface area (Å²) in [5, 5.41) is 5.19. The number of carbonyl (C=O) groups is 2. The van der Waals surface area contributed by atoms with Gasteiger partial charge >= 0.3 is 0 Å². The van der Waals surface area contributed by atoms with Gasteiger partial charge in [-0.15, -0.1) is 11.8 Å². The molecule has 0 spiro atoms. The summed E-state index contributed by atoms with van der Waals surface area (Å²) >= 11 is 1.25. The summed E-state index contributed by atoms with van der Waals surface area (Å²) < 4.78 is 12.8. The summed E-state index contributed by atoms with van der Waals surface area (Å²) in [5.41, 5.74) is 3.37. The second-order valence-corrected chi connectivity index (χ2v) is 7.15. The molecular formula is C19H21FN2O2S. The largest absolute Gasteiger partial charge is 0.325 e. The quantitative estimate of drug-likeness (QED) is 0.814. The number of aryl methyl sites for hydroxylation is 2. The highest BCUT2D eigenvalue weighted by atomic mass is 32.2. The van der Waals surface area contributed by atoms with Crippen LogP contribution in [0.4, 0.5) is 15.8 Å². The lowest BCUT2D eigenvalue weighted by Gasteiger charge is -2.14. The van der Waals surface area contributed by atoms with Crippen LogP contribution >= 0.6 is 11.8 Å². The van der Waals surface area contributed by atoms with Gasteiger partial charge in [-0.3, -0.25) is 9.59 Å². The van der Waals surface area contributed by atoms with Crippen molar-refractivity contribution in [1.82, 2.24) is 0 Å². The summed E-state index contributed by atoms with van der Waals surface area (Å²) in [6.07, 6.45) is 0. The summed E-state index contributed by atoms with van der Waals surface area (Å²) in [7, 11) is 0. The van der Waals surface area contributed by atoms with E-state index in [0.717, 1.165) is 16.8 Å². The number of carbonyl (C=O) groups excluding carboxylic acids is 2. The molecule has 2 rings (SSSR count). The first kappa shape index (κ1) is 19.0. The molecule has 132 valence electrons. The smallest absolute Gasteiger partial charge is 0.237 e. The molecule has 0 fully saturated rings. The van der Waals surface area contributed by atoms with Crippen molar-refractivity contribution in [3.63, 3.8) is 0 Å². The predicted molar refractivity (Wildman–Crippen MR) is 101 cm³/mol. The fourth-order valence-electron chi connectivity index (χ4n) is 2.11. The zero-order valence-corrected chi connectivity index (χ0v) is 15.2. The van der Waals surface area contributed by atoms with Crippen molar-refractivity contribution in [3.8, 4) is 0 Å². The minimum absolute atomic E-state index is 0.138. The van der Waals surface area contributed by atoms with E-state index in [-0.39, 0.29) is 28.6 Å². The van der Waals surface area contributed by atoms with Crippen LogP contribution in [0.15, 0.2) is 42.5 Å². The van der Waals surface area contributed by atoms with E-state index in [4.69, 9.17) is 0 Å². The molecule has 6 heteroatoms. The van der Waals surface area contributed by atoms with Crippen molar-refractivity contribution in [2.75, 3.05) is 16.4 Å². The highest BCUT2D eigenvalue weighted by Gasteiger charge is 2.16. The number of thioether (sulfide) groups is 1. The molecule has 0 aromatic heterocycles. The average molecular weight is 360 g/mol. The first-order valence-corrected chi connectivity index (χ1v) is 8.95. The SMILES string of the molecule is Cc1ccc(C)c(NC(=O)[C@@H](C)SCC(=O)Nc2ccc(F)cc2)c1. The standard InChI is InChI=1S/C19H21FN2O2S/c1-12-4-5-13(2)17(10-12)22-19(24)14(3)25-11-18(23)21-16-8-6-15(20)7-9-16/h4-10,14H,11H2,1-3H3,(H,21,23)(H,22,24)/t14-/m1/s1. The molecule has 2 aromatic carbocycles. The lowest BCUT2D eigenvalue weighted by atomic mass is 10.1. The molecular weight excluding hydrogens is 339 g/mol. The first-order valence-electron chi connectivity index (χ1n) is 7.90. The Kier molecular flexibility index (Phi) is 6.58. The molecule has 2 aromatic rings. The molecule has 0 aliphatic carbocycles. The van der Waals surface area contributed by atoms with Crippen LogP contribution in [-0.4, -0.2) is 22.8 Å². The molecule has 0 unspecified atom stereocenters. The van der Waals surface area contributed by atoms with Crippen LogP contribution in [0, 0.1) is 19.7 Å². The Morgan fingerprint density at radius 1 is 1.08 bits per heavy atom. The molecule has 25 heavy (non-hydrogen) atoms. The van der Waals surface area contributed by atoms with E-state index >= 15 is 0 Å². The van der Waals surface area contributed by atoms with Gasteiger partial charge in [-0.1, -0.05) is 12.1 Å². The number of rotatable bonds is 6. The molecule has 2 amide bonds. The molecule has 0 aliphatic rings.